The summed E-state index contributed by atoms with van der Waals surface area (Å²) in [4.78, 5) is 17.8. The van der Waals surface area contributed by atoms with Crippen molar-refractivity contribution in [2.24, 2.45) is 14.1 Å². The zero-order valence-corrected chi connectivity index (χ0v) is 26.0. The molecule has 0 saturated heterocycles. The molecule has 0 atom stereocenters. The molecule has 0 aromatic carbocycles. The minimum atomic E-state index is 0.313. The molecule has 7 heterocycles. The van der Waals surface area contributed by atoms with Gasteiger partial charge in [-0.25, -0.2) is 9.97 Å². The summed E-state index contributed by atoms with van der Waals surface area (Å²) in [7, 11) is 3.81. The molecule has 11 nitrogen and oxygen atoms in total. The van der Waals surface area contributed by atoms with Gasteiger partial charge in [-0.15, -0.1) is 0 Å². The second-order valence-electron chi connectivity index (χ2n) is 10.9. The number of hydrogen-bond donors (Lipinski definition) is 1. The van der Waals surface area contributed by atoms with Crippen molar-refractivity contribution in [3.63, 3.8) is 0 Å². The van der Waals surface area contributed by atoms with E-state index >= 15 is 0 Å². The molecule has 0 bridgehead atoms. The summed E-state index contributed by atoms with van der Waals surface area (Å²) in [6.45, 7) is 8.11. The average Bonchev–Trinajstić information content (AvgIpc) is 3.70. The topological polar surface area (TPSA) is 125 Å². The van der Waals surface area contributed by atoms with Gasteiger partial charge in [0.05, 0.1) is 39.1 Å². The molecule has 1 N–H and O–H groups in total. The smallest absolute Gasteiger partial charge is 0.230 e. The van der Waals surface area contributed by atoms with Gasteiger partial charge < -0.3 is 9.84 Å². The van der Waals surface area contributed by atoms with Crippen LogP contribution in [-0.2, 0) is 14.1 Å². The van der Waals surface area contributed by atoms with E-state index in [9.17, 15) is 0 Å². The molecule has 0 aliphatic heterocycles. The summed E-state index contributed by atoms with van der Waals surface area (Å²) >= 11 is 5.90. The van der Waals surface area contributed by atoms with Crippen LogP contribution in [0.3, 0.4) is 0 Å². The lowest BCUT2D eigenvalue weighted by molar-refractivity contribution is 0.422. The number of nitrogens with zero attached hydrogens (tertiary/aromatic N) is 9. The maximum Gasteiger partial charge on any atom is 0.230 e. The molecule has 7 rings (SSSR count). The SMILES string of the molecule is Cc1nn(C)cc1-c1cnc2ccc(Cl)nc2c1.Cc1nn(C)cc1-c1cnc2ccc(Nc3cc(C(C)C)no3)nc2c1. The Balaban J connectivity index is 0.000000167. The first-order chi connectivity index (χ1) is 21.1. The zero-order chi connectivity index (χ0) is 31.0. The van der Waals surface area contributed by atoms with Crippen molar-refractivity contribution in [2.75, 3.05) is 5.32 Å². The molecular weight excluding hydrogens is 576 g/mol. The van der Waals surface area contributed by atoms with Crippen molar-refractivity contribution in [3.8, 4) is 22.3 Å². The second-order valence-corrected chi connectivity index (χ2v) is 11.2. The largest absolute Gasteiger partial charge is 0.338 e. The highest BCUT2D eigenvalue weighted by Gasteiger charge is 2.11. The van der Waals surface area contributed by atoms with Crippen LogP contribution < -0.4 is 5.32 Å². The van der Waals surface area contributed by atoms with Crippen molar-refractivity contribution in [3.05, 3.63) is 89.5 Å². The van der Waals surface area contributed by atoms with E-state index in [1.807, 2.05) is 89.1 Å². The quantitative estimate of drug-likeness (QED) is 0.203. The van der Waals surface area contributed by atoms with Crippen molar-refractivity contribution in [1.82, 2.24) is 44.7 Å². The van der Waals surface area contributed by atoms with E-state index in [0.717, 1.165) is 61.4 Å². The number of pyridine rings is 4. The van der Waals surface area contributed by atoms with Gasteiger partial charge in [0.1, 0.15) is 11.0 Å². The van der Waals surface area contributed by atoms with Gasteiger partial charge in [-0.05, 0) is 56.2 Å². The molecule has 0 saturated carbocycles. The van der Waals surface area contributed by atoms with E-state index in [1.165, 1.54) is 0 Å². The number of fused-ring (bicyclic) bond motifs is 2. The molecule has 44 heavy (non-hydrogen) atoms. The highest BCUT2D eigenvalue weighted by Crippen LogP contribution is 2.27. The maximum absolute atomic E-state index is 5.90. The van der Waals surface area contributed by atoms with E-state index < -0.39 is 0 Å². The number of rotatable bonds is 5. The molecule has 0 fully saturated rings. The van der Waals surface area contributed by atoms with Gasteiger partial charge >= 0.3 is 0 Å². The lowest BCUT2D eigenvalue weighted by Gasteiger charge is -2.05. The molecule has 0 aliphatic rings. The molecule has 0 aliphatic carbocycles. The van der Waals surface area contributed by atoms with E-state index in [0.29, 0.717) is 22.8 Å². The fourth-order valence-corrected chi connectivity index (χ4v) is 5.02. The summed E-state index contributed by atoms with van der Waals surface area (Å²) in [6, 6.07) is 13.3. The van der Waals surface area contributed by atoms with E-state index in [1.54, 1.807) is 15.4 Å². The summed E-state index contributed by atoms with van der Waals surface area (Å²) < 4.78 is 8.92. The average molecular weight is 607 g/mol. The molecule has 0 spiro atoms. The molecule has 7 aromatic heterocycles. The Hall–Kier alpha value is -5.16. The fourth-order valence-electron chi connectivity index (χ4n) is 4.86. The number of aryl methyl sites for hydroxylation is 4. The predicted molar refractivity (Wildman–Crippen MR) is 172 cm³/mol. The number of hydrogen-bond acceptors (Lipinski definition) is 9. The van der Waals surface area contributed by atoms with E-state index in [4.69, 9.17) is 16.1 Å². The van der Waals surface area contributed by atoms with Gasteiger partial charge in [0.2, 0.25) is 5.88 Å². The minimum absolute atomic E-state index is 0.313. The fraction of sp³-hybridized carbons (Fsp3) is 0.219. The molecule has 0 unspecified atom stereocenters. The highest BCUT2D eigenvalue weighted by molar-refractivity contribution is 6.29. The van der Waals surface area contributed by atoms with Gasteiger partial charge in [0.15, 0.2) is 0 Å². The zero-order valence-electron chi connectivity index (χ0n) is 25.2. The third-order valence-corrected chi connectivity index (χ3v) is 7.27. The molecule has 12 heteroatoms. The van der Waals surface area contributed by atoms with Gasteiger partial charge in [-0.1, -0.05) is 30.6 Å². The van der Waals surface area contributed by atoms with Crippen LogP contribution in [0.25, 0.3) is 44.3 Å². The van der Waals surface area contributed by atoms with E-state index in [-0.39, 0.29) is 0 Å². The van der Waals surface area contributed by atoms with E-state index in [2.05, 4.69) is 54.5 Å². The summed E-state index contributed by atoms with van der Waals surface area (Å²) in [5.74, 6) is 1.58. The first-order valence-corrected chi connectivity index (χ1v) is 14.4. The van der Waals surface area contributed by atoms with Crippen LogP contribution in [0.4, 0.5) is 11.7 Å². The molecule has 0 amide bonds. The van der Waals surface area contributed by atoms with Crippen LogP contribution in [0.5, 0.6) is 0 Å². The van der Waals surface area contributed by atoms with Crippen molar-refractivity contribution in [1.29, 1.82) is 0 Å². The van der Waals surface area contributed by atoms with Crippen LogP contribution >= 0.6 is 11.6 Å². The Morgan fingerprint density at radius 2 is 1.32 bits per heavy atom. The van der Waals surface area contributed by atoms with Gasteiger partial charge in [-0.2, -0.15) is 10.2 Å². The number of anilines is 2. The normalized spacial score (nSPS) is 11.3. The molecular formula is C32H31ClN10O. The Bertz CT molecular complexity index is 2110. The number of nitrogens with one attached hydrogen (secondary N) is 1. The van der Waals surface area contributed by atoms with Crippen LogP contribution in [-0.4, -0.2) is 44.7 Å². The Morgan fingerprint density at radius 3 is 1.84 bits per heavy atom. The van der Waals surface area contributed by atoms with Gasteiger partial charge in [-0.3, -0.25) is 19.3 Å². The van der Waals surface area contributed by atoms with Crippen LogP contribution in [0.15, 0.2) is 71.8 Å². The Morgan fingerprint density at radius 1 is 0.750 bits per heavy atom. The second kappa shape index (κ2) is 11.8. The monoisotopic (exact) mass is 606 g/mol. The maximum atomic E-state index is 5.90. The van der Waals surface area contributed by atoms with Crippen LogP contribution in [0.2, 0.25) is 5.15 Å². The molecule has 7 aromatic rings. The standard InChI is InChI=1S/C19H20N6O.C13H11ClN4/c1-11(2)16-8-19(26-24-16)22-18-6-5-15-17(21-18)7-13(9-20-15)14-10-25(4)23-12(14)3;1-8-10(7-18(2)17-8)9-5-12-11(15-6-9)3-4-13(14)16-12/h5-11H,1-4H3,(H,21,22);3-7H,1-2H3. The first kappa shape index (κ1) is 28.9. The summed E-state index contributed by atoms with van der Waals surface area (Å²) in [6.07, 6.45) is 7.65. The Kier molecular flexibility index (Phi) is 7.79. The van der Waals surface area contributed by atoms with Crippen LogP contribution in [0.1, 0.15) is 36.8 Å². The number of halogens is 1. The summed E-state index contributed by atoms with van der Waals surface area (Å²) in [5.41, 5.74) is 10.2. The van der Waals surface area contributed by atoms with Crippen LogP contribution in [0, 0.1) is 13.8 Å². The van der Waals surface area contributed by atoms with Crippen molar-refractivity contribution < 1.29 is 4.52 Å². The molecule has 0 radical (unpaired) electrons. The lowest BCUT2D eigenvalue weighted by atomic mass is 10.1. The van der Waals surface area contributed by atoms with Crippen molar-refractivity contribution >= 4 is 45.4 Å². The predicted octanol–water partition coefficient (Wildman–Crippen LogP) is 7.19. The molecule has 222 valence electrons. The van der Waals surface area contributed by atoms with Gasteiger partial charge in [0, 0.05) is 67.2 Å². The lowest BCUT2D eigenvalue weighted by Crippen LogP contribution is -1.94. The van der Waals surface area contributed by atoms with Crippen molar-refractivity contribution in [2.45, 2.75) is 33.6 Å². The Labute approximate surface area is 258 Å². The van der Waals surface area contributed by atoms with Gasteiger partial charge in [0.25, 0.3) is 0 Å². The third kappa shape index (κ3) is 6.13. The summed E-state index contributed by atoms with van der Waals surface area (Å²) in [5, 5.41) is 16.4. The first-order valence-electron chi connectivity index (χ1n) is 14.1. The third-order valence-electron chi connectivity index (χ3n) is 7.06. The highest BCUT2D eigenvalue weighted by atomic mass is 35.5. The number of aromatic nitrogens is 9. The minimum Gasteiger partial charge on any atom is -0.338 e.